The Kier molecular flexibility index (Phi) is 4.77. The van der Waals surface area contributed by atoms with E-state index in [1.54, 1.807) is 30.3 Å². The lowest BCUT2D eigenvalue weighted by Crippen LogP contribution is -2.11. The highest BCUT2D eigenvalue weighted by molar-refractivity contribution is 14.1. The molecular formula is C14H8BrIO4. The summed E-state index contributed by atoms with van der Waals surface area (Å²) in [5.74, 6) is -1.70. The van der Waals surface area contributed by atoms with Gasteiger partial charge in [-0.3, -0.25) is 0 Å². The van der Waals surface area contributed by atoms with Crippen LogP contribution in [-0.2, 0) is 0 Å². The molecule has 0 amide bonds. The summed E-state index contributed by atoms with van der Waals surface area (Å²) in [7, 11) is 0. The number of aromatic carboxylic acids is 1. The average Bonchev–Trinajstić information content (AvgIpc) is 2.39. The van der Waals surface area contributed by atoms with Crippen molar-refractivity contribution < 1.29 is 19.4 Å². The fraction of sp³-hybridized carbons (Fsp3) is 0. The summed E-state index contributed by atoms with van der Waals surface area (Å²) in [6.07, 6.45) is 0. The maximum atomic E-state index is 12.0. The largest absolute Gasteiger partial charge is 0.478 e. The van der Waals surface area contributed by atoms with Gasteiger partial charge in [-0.05, 0) is 65.1 Å². The van der Waals surface area contributed by atoms with E-state index in [4.69, 9.17) is 9.84 Å². The smallest absolute Gasteiger partial charge is 0.343 e. The number of ether oxygens (including phenoxy) is 1. The number of esters is 1. The maximum Gasteiger partial charge on any atom is 0.343 e. The summed E-state index contributed by atoms with van der Waals surface area (Å²) in [4.78, 5) is 23.1. The molecule has 0 aromatic heterocycles. The fourth-order valence-electron chi connectivity index (χ4n) is 1.50. The zero-order chi connectivity index (χ0) is 14.7. The summed E-state index contributed by atoms with van der Waals surface area (Å²) in [5, 5.41) is 9.08. The molecule has 0 heterocycles. The van der Waals surface area contributed by atoms with Crippen LogP contribution in [0.25, 0.3) is 0 Å². The second-order valence-electron chi connectivity index (χ2n) is 3.84. The zero-order valence-electron chi connectivity index (χ0n) is 9.97. The first-order valence-corrected chi connectivity index (χ1v) is 7.35. The number of hydrogen-bond acceptors (Lipinski definition) is 3. The summed E-state index contributed by atoms with van der Waals surface area (Å²) in [5.41, 5.74) is 0.305. The Bertz CT molecular complexity index is 667. The second kappa shape index (κ2) is 6.36. The molecule has 4 nitrogen and oxygen atoms in total. The van der Waals surface area contributed by atoms with E-state index in [-0.39, 0.29) is 11.3 Å². The van der Waals surface area contributed by atoms with Gasteiger partial charge in [-0.15, -0.1) is 0 Å². The fourth-order valence-corrected chi connectivity index (χ4v) is 2.23. The number of carboxylic acid groups (broad SMARTS) is 1. The third-order valence-corrected chi connectivity index (χ3v) is 3.66. The maximum absolute atomic E-state index is 12.0. The van der Waals surface area contributed by atoms with Gasteiger partial charge in [0, 0.05) is 8.04 Å². The number of halogens is 2. The van der Waals surface area contributed by atoms with Crippen LogP contribution in [0, 0.1) is 3.57 Å². The van der Waals surface area contributed by atoms with Crippen molar-refractivity contribution in [2.24, 2.45) is 0 Å². The Morgan fingerprint density at radius 2 is 1.75 bits per heavy atom. The first-order valence-electron chi connectivity index (χ1n) is 5.48. The molecule has 0 aliphatic heterocycles. The monoisotopic (exact) mass is 446 g/mol. The number of benzene rings is 2. The van der Waals surface area contributed by atoms with Gasteiger partial charge in [0.15, 0.2) is 0 Å². The van der Waals surface area contributed by atoms with Crippen LogP contribution in [-0.4, -0.2) is 17.0 Å². The van der Waals surface area contributed by atoms with Gasteiger partial charge >= 0.3 is 11.9 Å². The van der Waals surface area contributed by atoms with Gasteiger partial charge < -0.3 is 9.84 Å². The summed E-state index contributed by atoms with van der Waals surface area (Å²) >= 11 is 5.29. The van der Waals surface area contributed by atoms with Crippen LogP contribution < -0.4 is 4.74 Å². The van der Waals surface area contributed by atoms with Gasteiger partial charge in [0.1, 0.15) is 11.3 Å². The molecule has 0 saturated heterocycles. The highest BCUT2D eigenvalue weighted by Gasteiger charge is 2.16. The molecular weight excluding hydrogens is 439 g/mol. The molecule has 2 aromatic carbocycles. The highest BCUT2D eigenvalue weighted by Crippen LogP contribution is 2.23. The van der Waals surface area contributed by atoms with Crippen LogP contribution in [0.3, 0.4) is 0 Å². The number of carbonyl (C=O) groups is 2. The van der Waals surface area contributed by atoms with Crippen molar-refractivity contribution in [2.45, 2.75) is 0 Å². The van der Waals surface area contributed by atoms with Crippen LogP contribution in [0.2, 0.25) is 0 Å². The molecule has 0 aliphatic carbocycles. The molecule has 0 bridgehead atoms. The quantitative estimate of drug-likeness (QED) is 0.440. The predicted octanol–water partition coefficient (Wildman–Crippen LogP) is 3.97. The van der Waals surface area contributed by atoms with Gasteiger partial charge in [0.05, 0.1) is 5.56 Å². The molecule has 0 spiro atoms. The van der Waals surface area contributed by atoms with Crippen LogP contribution >= 0.6 is 38.5 Å². The number of rotatable bonds is 3. The minimum Gasteiger partial charge on any atom is -0.478 e. The Labute approximate surface area is 137 Å². The van der Waals surface area contributed by atoms with E-state index in [9.17, 15) is 9.59 Å². The van der Waals surface area contributed by atoms with E-state index in [0.717, 1.165) is 8.04 Å². The lowest BCUT2D eigenvalue weighted by atomic mass is 10.2. The molecule has 0 saturated carbocycles. The summed E-state index contributed by atoms with van der Waals surface area (Å²) in [6.45, 7) is 0. The normalized spacial score (nSPS) is 10.1. The molecule has 2 aromatic rings. The third-order valence-electron chi connectivity index (χ3n) is 2.46. The zero-order valence-corrected chi connectivity index (χ0v) is 13.7. The first-order chi connectivity index (χ1) is 9.47. The Morgan fingerprint density at radius 3 is 2.35 bits per heavy atom. The predicted molar refractivity (Wildman–Crippen MR) is 85.2 cm³/mol. The van der Waals surface area contributed by atoms with Crippen LogP contribution in [0.1, 0.15) is 20.7 Å². The lowest BCUT2D eigenvalue weighted by molar-refractivity contribution is 0.0681. The Balaban J connectivity index is 2.29. The SMILES string of the molecule is O=C(Oc1cc(I)ccc1C(=O)O)c1ccc(Br)cc1. The van der Waals surface area contributed by atoms with Crippen molar-refractivity contribution in [1.29, 1.82) is 0 Å². The molecule has 0 atom stereocenters. The molecule has 102 valence electrons. The lowest BCUT2D eigenvalue weighted by Gasteiger charge is -2.08. The first kappa shape index (κ1) is 15.0. The molecule has 20 heavy (non-hydrogen) atoms. The minimum absolute atomic E-state index is 0.0392. The van der Waals surface area contributed by atoms with E-state index in [1.807, 2.05) is 22.6 Å². The molecule has 2 rings (SSSR count). The summed E-state index contributed by atoms with van der Waals surface area (Å²) in [6, 6.07) is 11.2. The van der Waals surface area contributed by atoms with Gasteiger partial charge in [0.25, 0.3) is 0 Å². The van der Waals surface area contributed by atoms with E-state index in [1.165, 1.54) is 12.1 Å². The molecule has 6 heteroatoms. The highest BCUT2D eigenvalue weighted by atomic mass is 127. The summed E-state index contributed by atoms with van der Waals surface area (Å²) < 4.78 is 6.80. The second-order valence-corrected chi connectivity index (χ2v) is 6.00. The van der Waals surface area contributed by atoms with Crippen LogP contribution in [0.15, 0.2) is 46.9 Å². The number of carbonyl (C=O) groups excluding carboxylic acids is 1. The van der Waals surface area contributed by atoms with Crippen molar-refractivity contribution in [3.63, 3.8) is 0 Å². The molecule has 0 radical (unpaired) electrons. The Hall–Kier alpha value is -1.41. The van der Waals surface area contributed by atoms with E-state index < -0.39 is 11.9 Å². The van der Waals surface area contributed by atoms with Crippen molar-refractivity contribution >= 4 is 50.5 Å². The van der Waals surface area contributed by atoms with E-state index >= 15 is 0 Å². The Morgan fingerprint density at radius 1 is 1.10 bits per heavy atom. The standard InChI is InChI=1S/C14H8BrIO4/c15-9-3-1-8(2-4-9)14(19)20-12-7-10(16)5-6-11(12)13(17)18/h1-7H,(H,17,18). The third kappa shape index (κ3) is 3.57. The molecule has 0 aliphatic rings. The van der Waals surface area contributed by atoms with Gasteiger partial charge in [0.2, 0.25) is 0 Å². The van der Waals surface area contributed by atoms with Crippen LogP contribution in [0.4, 0.5) is 0 Å². The molecule has 1 N–H and O–H groups in total. The van der Waals surface area contributed by atoms with Crippen molar-refractivity contribution in [2.75, 3.05) is 0 Å². The minimum atomic E-state index is -1.14. The van der Waals surface area contributed by atoms with Gasteiger partial charge in [-0.2, -0.15) is 0 Å². The van der Waals surface area contributed by atoms with Crippen molar-refractivity contribution in [3.05, 3.63) is 61.6 Å². The molecule has 0 fully saturated rings. The number of carboxylic acids is 1. The van der Waals surface area contributed by atoms with E-state index in [0.29, 0.717) is 5.56 Å². The van der Waals surface area contributed by atoms with Crippen molar-refractivity contribution in [1.82, 2.24) is 0 Å². The van der Waals surface area contributed by atoms with Crippen LogP contribution in [0.5, 0.6) is 5.75 Å². The topological polar surface area (TPSA) is 63.6 Å². The van der Waals surface area contributed by atoms with Crippen molar-refractivity contribution in [3.8, 4) is 5.75 Å². The van der Waals surface area contributed by atoms with Gasteiger partial charge in [-0.25, -0.2) is 9.59 Å². The average molecular weight is 447 g/mol. The number of hydrogen-bond donors (Lipinski definition) is 1. The van der Waals surface area contributed by atoms with Gasteiger partial charge in [-0.1, -0.05) is 15.9 Å². The molecule has 0 unspecified atom stereocenters. The van der Waals surface area contributed by atoms with E-state index in [2.05, 4.69) is 15.9 Å².